The molecule has 0 spiro atoms. The van der Waals surface area contributed by atoms with Crippen LogP contribution in [-0.4, -0.2) is 19.2 Å². The maximum atomic E-state index is 13.6. The van der Waals surface area contributed by atoms with Gasteiger partial charge in [0, 0.05) is 6.04 Å². The zero-order valence-electron chi connectivity index (χ0n) is 11.3. The molecule has 0 radical (unpaired) electrons. The van der Waals surface area contributed by atoms with Crippen LogP contribution in [0.25, 0.3) is 0 Å². The van der Waals surface area contributed by atoms with E-state index in [1.165, 1.54) is 25.0 Å². The molecule has 0 bridgehead atoms. The average molecular weight is 269 g/mol. The summed E-state index contributed by atoms with van der Waals surface area (Å²) in [4.78, 5) is 0. The minimum atomic E-state index is -0.889. The van der Waals surface area contributed by atoms with E-state index in [1.807, 2.05) is 7.05 Å². The molecule has 0 saturated heterocycles. The molecule has 2 nitrogen and oxygen atoms in total. The summed E-state index contributed by atoms with van der Waals surface area (Å²) in [6, 6.07) is 4.27. The van der Waals surface area contributed by atoms with Gasteiger partial charge in [-0.3, -0.25) is 0 Å². The van der Waals surface area contributed by atoms with Crippen molar-refractivity contribution in [2.75, 3.05) is 7.05 Å². The third kappa shape index (κ3) is 3.66. The standard InChI is InChI=1S/C15H21F2NO/c1-18-12-8-4-2-3-5-9-13(12)19-14-10-6-7-11(16)15(14)17/h6-7,10,12-13,18H,2-5,8-9H2,1H3. The van der Waals surface area contributed by atoms with Crippen molar-refractivity contribution in [1.29, 1.82) is 0 Å². The summed E-state index contributed by atoms with van der Waals surface area (Å²) in [7, 11) is 1.89. The van der Waals surface area contributed by atoms with Gasteiger partial charge < -0.3 is 10.1 Å². The van der Waals surface area contributed by atoms with Gasteiger partial charge in [-0.25, -0.2) is 4.39 Å². The smallest absolute Gasteiger partial charge is 0.200 e. The van der Waals surface area contributed by atoms with Crippen LogP contribution < -0.4 is 10.1 Å². The summed E-state index contributed by atoms with van der Waals surface area (Å²) in [5.41, 5.74) is 0. The maximum Gasteiger partial charge on any atom is 0.200 e. The Bertz CT molecular complexity index is 411. The molecule has 1 N–H and O–H groups in total. The highest BCUT2D eigenvalue weighted by Gasteiger charge is 2.24. The Morgan fingerprint density at radius 2 is 1.84 bits per heavy atom. The van der Waals surface area contributed by atoms with Gasteiger partial charge in [-0.1, -0.05) is 25.3 Å². The van der Waals surface area contributed by atoms with Crippen LogP contribution in [0, 0.1) is 11.6 Å². The van der Waals surface area contributed by atoms with Gasteiger partial charge in [-0.05, 0) is 38.4 Å². The van der Waals surface area contributed by atoms with E-state index in [1.54, 1.807) is 0 Å². The normalized spacial score (nSPS) is 24.6. The predicted octanol–water partition coefficient (Wildman–Crippen LogP) is 3.65. The van der Waals surface area contributed by atoms with Crippen molar-refractivity contribution in [2.24, 2.45) is 0 Å². The van der Waals surface area contributed by atoms with E-state index < -0.39 is 11.6 Å². The van der Waals surface area contributed by atoms with Crippen LogP contribution in [0.15, 0.2) is 18.2 Å². The summed E-state index contributed by atoms with van der Waals surface area (Å²) < 4.78 is 32.6. The van der Waals surface area contributed by atoms with Crippen LogP contribution in [0.3, 0.4) is 0 Å². The van der Waals surface area contributed by atoms with E-state index in [4.69, 9.17) is 4.74 Å². The number of hydrogen-bond acceptors (Lipinski definition) is 2. The van der Waals surface area contributed by atoms with Crippen LogP contribution in [0.1, 0.15) is 38.5 Å². The van der Waals surface area contributed by atoms with E-state index in [9.17, 15) is 8.78 Å². The Hall–Kier alpha value is -1.16. The topological polar surface area (TPSA) is 21.3 Å². The number of ether oxygens (including phenoxy) is 1. The Morgan fingerprint density at radius 1 is 1.11 bits per heavy atom. The molecule has 2 rings (SSSR count). The fourth-order valence-electron chi connectivity index (χ4n) is 2.66. The van der Waals surface area contributed by atoms with E-state index in [2.05, 4.69) is 5.32 Å². The van der Waals surface area contributed by atoms with Crippen molar-refractivity contribution in [1.82, 2.24) is 5.32 Å². The second kappa shape index (κ2) is 6.85. The highest BCUT2D eigenvalue weighted by Crippen LogP contribution is 2.25. The molecule has 4 heteroatoms. The Balaban J connectivity index is 2.11. The third-order valence-electron chi connectivity index (χ3n) is 3.77. The van der Waals surface area contributed by atoms with E-state index in [0.29, 0.717) is 0 Å². The highest BCUT2D eigenvalue weighted by molar-refractivity contribution is 5.25. The van der Waals surface area contributed by atoms with Crippen LogP contribution in [0.5, 0.6) is 5.75 Å². The average Bonchev–Trinajstić information content (AvgIpc) is 2.38. The lowest BCUT2D eigenvalue weighted by molar-refractivity contribution is 0.124. The molecule has 1 aliphatic rings. The molecule has 2 unspecified atom stereocenters. The van der Waals surface area contributed by atoms with Gasteiger partial charge in [-0.2, -0.15) is 4.39 Å². The second-order valence-electron chi connectivity index (χ2n) is 5.09. The summed E-state index contributed by atoms with van der Waals surface area (Å²) in [5, 5.41) is 3.23. The van der Waals surface area contributed by atoms with Crippen molar-refractivity contribution in [2.45, 2.75) is 50.7 Å². The van der Waals surface area contributed by atoms with E-state index >= 15 is 0 Å². The lowest BCUT2D eigenvalue weighted by Gasteiger charge is -2.29. The first-order valence-electron chi connectivity index (χ1n) is 7.00. The van der Waals surface area contributed by atoms with Crippen molar-refractivity contribution in [3.05, 3.63) is 29.8 Å². The first kappa shape index (κ1) is 14.3. The zero-order valence-corrected chi connectivity index (χ0v) is 11.3. The van der Waals surface area contributed by atoms with Crippen LogP contribution in [0.4, 0.5) is 8.78 Å². The monoisotopic (exact) mass is 269 g/mol. The zero-order chi connectivity index (χ0) is 13.7. The molecular weight excluding hydrogens is 248 g/mol. The summed E-state index contributed by atoms with van der Waals surface area (Å²) in [6.07, 6.45) is 6.43. The molecule has 106 valence electrons. The molecule has 1 fully saturated rings. The van der Waals surface area contributed by atoms with Gasteiger partial charge in [0.1, 0.15) is 6.10 Å². The van der Waals surface area contributed by atoms with Gasteiger partial charge in [-0.15, -0.1) is 0 Å². The van der Waals surface area contributed by atoms with Crippen molar-refractivity contribution in [3.8, 4) is 5.75 Å². The molecule has 0 amide bonds. The molecule has 1 aromatic rings. The molecule has 0 aromatic heterocycles. The minimum Gasteiger partial charge on any atom is -0.486 e. The van der Waals surface area contributed by atoms with Gasteiger partial charge in [0.15, 0.2) is 11.6 Å². The first-order chi connectivity index (χ1) is 9.22. The quantitative estimate of drug-likeness (QED) is 0.904. The number of halogens is 2. The fourth-order valence-corrected chi connectivity index (χ4v) is 2.66. The molecule has 1 aliphatic carbocycles. The molecule has 1 saturated carbocycles. The fraction of sp³-hybridized carbons (Fsp3) is 0.600. The van der Waals surface area contributed by atoms with E-state index in [0.717, 1.165) is 31.7 Å². The van der Waals surface area contributed by atoms with Gasteiger partial charge in [0.05, 0.1) is 0 Å². The van der Waals surface area contributed by atoms with Crippen LogP contribution >= 0.6 is 0 Å². The number of hydrogen-bond donors (Lipinski definition) is 1. The Labute approximate surface area is 113 Å². The molecular formula is C15H21F2NO. The predicted molar refractivity (Wildman–Crippen MR) is 71.3 cm³/mol. The Morgan fingerprint density at radius 3 is 2.58 bits per heavy atom. The molecule has 0 aliphatic heterocycles. The van der Waals surface area contributed by atoms with Crippen LogP contribution in [-0.2, 0) is 0 Å². The highest BCUT2D eigenvalue weighted by atomic mass is 19.2. The molecule has 1 aromatic carbocycles. The lowest BCUT2D eigenvalue weighted by atomic mass is 9.94. The van der Waals surface area contributed by atoms with Crippen molar-refractivity contribution >= 4 is 0 Å². The summed E-state index contributed by atoms with van der Waals surface area (Å²) in [6.45, 7) is 0. The largest absolute Gasteiger partial charge is 0.486 e. The van der Waals surface area contributed by atoms with Crippen molar-refractivity contribution in [3.63, 3.8) is 0 Å². The molecule has 19 heavy (non-hydrogen) atoms. The number of rotatable bonds is 3. The summed E-state index contributed by atoms with van der Waals surface area (Å²) >= 11 is 0. The second-order valence-corrected chi connectivity index (χ2v) is 5.09. The number of likely N-dealkylation sites (N-methyl/N-ethyl adjacent to an activating group) is 1. The molecule has 2 atom stereocenters. The first-order valence-corrected chi connectivity index (χ1v) is 7.00. The number of benzene rings is 1. The van der Waals surface area contributed by atoms with Crippen LogP contribution in [0.2, 0.25) is 0 Å². The van der Waals surface area contributed by atoms with Gasteiger partial charge in [0.25, 0.3) is 0 Å². The Kier molecular flexibility index (Phi) is 5.14. The summed E-state index contributed by atoms with van der Waals surface area (Å²) in [5.74, 6) is -1.73. The van der Waals surface area contributed by atoms with E-state index in [-0.39, 0.29) is 17.9 Å². The lowest BCUT2D eigenvalue weighted by Crippen LogP contribution is -2.42. The van der Waals surface area contributed by atoms with Gasteiger partial charge in [0.2, 0.25) is 5.82 Å². The number of nitrogens with one attached hydrogen (secondary N) is 1. The third-order valence-corrected chi connectivity index (χ3v) is 3.77. The molecule has 0 heterocycles. The van der Waals surface area contributed by atoms with Gasteiger partial charge >= 0.3 is 0 Å². The SMILES string of the molecule is CNC1CCCCCCC1Oc1cccc(F)c1F. The minimum absolute atomic E-state index is 0.0193. The van der Waals surface area contributed by atoms with Crippen molar-refractivity contribution < 1.29 is 13.5 Å². The maximum absolute atomic E-state index is 13.6.